The number of aromatic nitrogens is 2. The topological polar surface area (TPSA) is 104 Å². The molecule has 104 valence electrons. The molecule has 0 fully saturated rings. The van der Waals surface area contributed by atoms with Crippen LogP contribution in [0.2, 0.25) is 0 Å². The highest BCUT2D eigenvalue weighted by Gasteiger charge is 2.08. The molecule has 0 radical (unpaired) electrons. The minimum absolute atomic E-state index is 0.0265. The van der Waals surface area contributed by atoms with E-state index in [1.54, 1.807) is 6.07 Å². The summed E-state index contributed by atoms with van der Waals surface area (Å²) in [4.78, 5) is 30.2. The summed E-state index contributed by atoms with van der Waals surface area (Å²) in [6, 6.07) is 1.73. The van der Waals surface area contributed by atoms with Crippen molar-refractivity contribution in [2.75, 3.05) is 18.4 Å². The van der Waals surface area contributed by atoms with Gasteiger partial charge < -0.3 is 15.7 Å². The van der Waals surface area contributed by atoms with E-state index in [9.17, 15) is 9.59 Å². The number of nitrogens with one attached hydrogen (secondary N) is 2. The number of carboxylic acid groups (broad SMARTS) is 1. The quantitative estimate of drug-likeness (QED) is 0.693. The van der Waals surface area contributed by atoms with Crippen LogP contribution in [0, 0.1) is 6.92 Å². The second-order valence-corrected chi connectivity index (χ2v) is 4.43. The summed E-state index contributed by atoms with van der Waals surface area (Å²) in [5.74, 6) is -0.0190. The zero-order valence-electron chi connectivity index (χ0n) is 11.2. The van der Waals surface area contributed by atoms with Crippen molar-refractivity contribution < 1.29 is 14.7 Å². The predicted octanol–water partition coefficient (Wildman–Crippen LogP) is 0.521. The number of nitrogens with zero attached hydrogens (tertiary/aromatic N) is 2. The Morgan fingerprint density at radius 3 is 2.58 bits per heavy atom. The highest BCUT2D eigenvalue weighted by Crippen LogP contribution is 2.13. The molecule has 19 heavy (non-hydrogen) atoms. The number of aryl methyl sites for hydroxylation is 1. The van der Waals surface area contributed by atoms with E-state index in [1.807, 2.05) is 20.8 Å². The molecule has 0 aliphatic heterocycles. The van der Waals surface area contributed by atoms with Crippen molar-refractivity contribution in [2.45, 2.75) is 26.7 Å². The standard InChI is InChI=1S/C12H18N4O3/c1-7(2)12-15-8(3)4-9(16-12)13-5-10(17)14-6-11(18)19/h4,7H,5-6H2,1-3H3,(H,14,17)(H,18,19)(H,13,15,16). The maximum atomic E-state index is 11.3. The molecule has 0 saturated carbocycles. The number of anilines is 1. The fourth-order valence-corrected chi connectivity index (χ4v) is 1.35. The third-order valence-corrected chi connectivity index (χ3v) is 2.25. The molecule has 7 heteroatoms. The van der Waals surface area contributed by atoms with Crippen molar-refractivity contribution in [3.63, 3.8) is 0 Å². The van der Waals surface area contributed by atoms with Gasteiger partial charge in [0.15, 0.2) is 0 Å². The zero-order valence-corrected chi connectivity index (χ0v) is 11.2. The fraction of sp³-hybridized carbons (Fsp3) is 0.500. The van der Waals surface area contributed by atoms with Gasteiger partial charge in [-0.15, -0.1) is 0 Å². The van der Waals surface area contributed by atoms with Crippen LogP contribution in [0.15, 0.2) is 6.07 Å². The Morgan fingerprint density at radius 1 is 1.32 bits per heavy atom. The lowest BCUT2D eigenvalue weighted by Crippen LogP contribution is -2.34. The van der Waals surface area contributed by atoms with Gasteiger partial charge in [0.1, 0.15) is 18.2 Å². The highest BCUT2D eigenvalue weighted by molar-refractivity contribution is 5.84. The van der Waals surface area contributed by atoms with E-state index in [0.29, 0.717) is 11.6 Å². The third-order valence-electron chi connectivity index (χ3n) is 2.25. The fourth-order valence-electron chi connectivity index (χ4n) is 1.35. The minimum atomic E-state index is -1.08. The summed E-state index contributed by atoms with van der Waals surface area (Å²) >= 11 is 0. The summed E-state index contributed by atoms with van der Waals surface area (Å²) in [6.07, 6.45) is 0. The van der Waals surface area contributed by atoms with Gasteiger partial charge in [-0.1, -0.05) is 13.8 Å². The Balaban J connectivity index is 2.57. The largest absolute Gasteiger partial charge is 0.480 e. The van der Waals surface area contributed by atoms with E-state index in [0.717, 1.165) is 5.69 Å². The van der Waals surface area contributed by atoms with Gasteiger partial charge >= 0.3 is 5.97 Å². The molecule has 1 amide bonds. The van der Waals surface area contributed by atoms with Gasteiger partial charge in [0.2, 0.25) is 5.91 Å². The number of amides is 1. The highest BCUT2D eigenvalue weighted by atomic mass is 16.4. The summed E-state index contributed by atoms with van der Waals surface area (Å²) < 4.78 is 0. The maximum Gasteiger partial charge on any atom is 0.322 e. The van der Waals surface area contributed by atoms with Crippen LogP contribution < -0.4 is 10.6 Å². The van der Waals surface area contributed by atoms with Crippen molar-refractivity contribution in [3.05, 3.63) is 17.6 Å². The van der Waals surface area contributed by atoms with Crippen LogP contribution in [-0.2, 0) is 9.59 Å². The number of hydrogen-bond acceptors (Lipinski definition) is 5. The summed E-state index contributed by atoms with van der Waals surface area (Å²) in [6.45, 7) is 5.40. The normalized spacial score (nSPS) is 10.3. The molecule has 0 atom stereocenters. The van der Waals surface area contributed by atoms with Gasteiger partial charge in [0.25, 0.3) is 0 Å². The molecule has 1 aromatic heterocycles. The third kappa shape index (κ3) is 5.33. The van der Waals surface area contributed by atoms with Crippen molar-refractivity contribution in [3.8, 4) is 0 Å². The SMILES string of the molecule is Cc1cc(NCC(=O)NCC(=O)O)nc(C(C)C)n1. The molecule has 0 aliphatic carbocycles. The molecule has 0 aliphatic rings. The lowest BCUT2D eigenvalue weighted by Gasteiger charge is -2.10. The number of hydrogen-bond donors (Lipinski definition) is 3. The predicted molar refractivity (Wildman–Crippen MR) is 70.0 cm³/mol. The van der Waals surface area contributed by atoms with Crippen LogP contribution in [0.5, 0.6) is 0 Å². The molecule has 7 nitrogen and oxygen atoms in total. The van der Waals surface area contributed by atoms with Crippen molar-refractivity contribution in [1.82, 2.24) is 15.3 Å². The Bertz CT molecular complexity index is 474. The molecule has 1 rings (SSSR count). The Morgan fingerprint density at radius 2 is 2.00 bits per heavy atom. The van der Waals surface area contributed by atoms with Crippen molar-refractivity contribution in [2.24, 2.45) is 0 Å². The number of carbonyl (C=O) groups excluding carboxylic acids is 1. The van der Waals surface area contributed by atoms with E-state index in [4.69, 9.17) is 5.11 Å². The van der Waals surface area contributed by atoms with Crippen LogP contribution in [0.4, 0.5) is 5.82 Å². The summed E-state index contributed by atoms with van der Waals surface area (Å²) in [5, 5.41) is 13.5. The maximum absolute atomic E-state index is 11.3. The minimum Gasteiger partial charge on any atom is -0.480 e. The molecular weight excluding hydrogens is 248 g/mol. The van der Waals surface area contributed by atoms with Crippen LogP contribution >= 0.6 is 0 Å². The molecular formula is C12H18N4O3. The molecule has 1 heterocycles. The molecule has 3 N–H and O–H groups in total. The lowest BCUT2D eigenvalue weighted by atomic mass is 10.2. The van der Waals surface area contributed by atoms with Crippen molar-refractivity contribution in [1.29, 1.82) is 0 Å². The monoisotopic (exact) mass is 266 g/mol. The molecule has 0 bridgehead atoms. The smallest absolute Gasteiger partial charge is 0.322 e. The van der Waals surface area contributed by atoms with Gasteiger partial charge in [0, 0.05) is 17.7 Å². The zero-order chi connectivity index (χ0) is 14.4. The number of aliphatic carboxylic acids is 1. The second kappa shape index (κ2) is 6.67. The van der Waals surface area contributed by atoms with Gasteiger partial charge in [-0.2, -0.15) is 0 Å². The average molecular weight is 266 g/mol. The number of carboxylic acids is 1. The first-order valence-corrected chi connectivity index (χ1v) is 5.96. The van der Waals surface area contributed by atoms with Crippen LogP contribution in [0.3, 0.4) is 0 Å². The molecule has 1 aromatic rings. The van der Waals surface area contributed by atoms with E-state index < -0.39 is 11.9 Å². The van der Waals surface area contributed by atoms with Gasteiger partial charge in [-0.3, -0.25) is 9.59 Å². The van der Waals surface area contributed by atoms with Crippen LogP contribution in [-0.4, -0.2) is 40.0 Å². The molecule has 0 unspecified atom stereocenters. The van der Waals surface area contributed by atoms with E-state index >= 15 is 0 Å². The van der Waals surface area contributed by atoms with Crippen LogP contribution in [0.25, 0.3) is 0 Å². The lowest BCUT2D eigenvalue weighted by molar-refractivity contribution is -0.137. The summed E-state index contributed by atoms with van der Waals surface area (Å²) in [7, 11) is 0. The average Bonchev–Trinajstić information content (AvgIpc) is 2.33. The Labute approximate surface area is 111 Å². The summed E-state index contributed by atoms with van der Waals surface area (Å²) in [5.41, 5.74) is 0.812. The van der Waals surface area contributed by atoms with Gasteiger partial charge in [-0.25, -0.2) is 9.97 Å². The van der Waals surface area contributed by atoms with Crippen LogP contribution in [0.1, 0.15) is 31.3 Å². The van der Waals surface area contributed by atoms with Crippen molar-refractivity contribution >= 4 is 17.7 Å². The van der Waals surface area contributed by atoms with E-state index in [1.165, 1.54) is 0 Å². The first kappa shape index (κ1) is 14.9. The number of rotatable bonds is 6. The first-order chi connectivity index (χ1) is 8.88. The van der Waals surface area contributed by atoms with E-state index in [-0.39, 0.29) is 19.0 Å². The Kier molecular flexibility index (Phi) is 5.23. The van der Waals surface area contributed by atoms with Gasteiger partial charge in [0.05, 0.1) is 6.54 Å². The second-order valence-electron chi connectivity index (χ2n) is 4.43. The molecule has 0 aromatic carbocycles. The van der Waals surface area contributed by atoms with E-state index in [2.05, 4.69) is 20.6 Å². The molecule has 0 spiro atoms. The Hall–Kier alpha value is -2.18. The molecule has 0 saturated heterocycles. The van der Waals surface area contributed by atoms with Gasteiger partial charge in [-0.05, 0) is 6.92 Å². The number of carbonyl (C=O) groups is 2. The first-order valence-electron chi connectivity index (χ1n) is 5.96.